The van der Waals surface area contributed by atoms with Crippen LogP contribution in [0, 0.1) is 0 Å². The summed E-state index contributed by atoms with van der Waals surface area (Å²) in [4.78, 5) is 0. The van der Waals surface area contributed by atoms with Gasteiger partial charge in [-0.3, -0.25) is 0 Å². The Labute approximate surface area is 99.4 Å². The highest BCUT2D eigenvalue weighted by molar-refractivity contribution is 5.84. The molecule has 0 fully saturated rings. The van der Waals surface area contributed by atoms with Crippen molar-refractivity contribution in [3.05, 3.63) is 23.8 Å². The highest BCUT2D eigenvalue weighted by Gasteiger charge is 2.31. The number of alkyl halides is 3. The van der Waals surface area contributed by atoms with Gasteiger partial charge in [0.25, 0.3) is 0 Å². The molecule has 0 aliphatic rings. The zero-order valence-corrected chi connectivity index (χ0v) is 8.85. The summed E-state index contributed by atoms with van der Waals surface area (Å²) in [5.41, 5.74) is 10.1. The predicted molar refractivity (Wildman–Crippen MR) is 58.2 cm³/mol. The van der Waals surface area contributed by atoms with Crippen molar-refractivity contribution in [2.24, 2.45) is 21.7 Å². The van der Waals surface area contributed by atoms with Crippen LogP contribution in [0.5, 0.6) is 11.5 Å². The van der Waals surface area contributed by atoms with E-state index in [1.807, 2.05) is 0 Å². The van der Waals surface area contributed by atoms with Crippen LogP contribution in [0.25, 0.3) is 0 Å². The molecule has 0 atom stereocenters. The molecule has 9 heteroatoms. The fourth-order valence-corrected chi connectivity index (χ4v) is 0.988. The van der Waals surface area contributed by atoms with Gasteiger partial charge in [0.05, 0.1) is 6.21 Å². The topological polar surface area (TPSA) is 106 Å². The lowest BCUT2D eigenvalue weighted by atomic mass is 10.2. The smallest absolute Gasteiger partial charge is 0.507 e. The van der Waals surface area contributed by atoms with E-state index in [1.54, 1.807) is 0 Å². The van der Waals surface area contributed by atoms with Crippen LogP contribution in [0.2, 0.25) is 0 Å². The Hall–Kier alpha value is -2.45. The van der Waals surface area contributed by atoms with Crippen molar-refractivity contribution in [2.75, 3.05) is 0 Å². The average Bonchev–Trinajstić information content (AvgIpc) is 2.18. The molecule has 1 rings (SSSR count). The van der Waals surface area contributed by atoms with Crippen LogP contribution >= 0.6 is 0 Å². The molecule has 0 heterocycles. The first-order chi connectivity index (χ1) is 8.28. The van der Waals surface area contributed by atoms with Gasteiger partial charge < -0.3 is 21.3 Å². The van der Waals surface area contributed by atoms with Gasteiger partial charge in [0.1, 0.15) is 11.5 Å². The molecule has 5 N–H and O–H groups in total. The first kappa shape index (κ1) is 13.6. The summed E-state index contributed by atoms with van der Waals surface area (Å²) >= 11 is 0. The van der Waals surface area contributed by atoms with E-state index in [9.17, 15) is 18.3 Å². The van der Waals surface area contributed by atoms with Crippen LogP contribution in [0.4, 0.5) is 13.2 Å². The molecule has 0 spiro atoms. The number of guanidine groups is 1. The third-order valence-electron chi connectivity index (χ3n) is 1.61. The van der Waals surface area contributed by atoms with Crippen LogP contribution in [0.3, 0.4) is 0 Å². The molecule has 0 aliphatic carbocycles. The third kappa shape index (κ3) is 4.60. The lowest BCUT2D eigenvalue weighted by molar-refractivity contribution is -0.274. The summed E-state index contributed by atoms with van der Waals surface area (Å²) in [5, 5.41) is 16.1. The number of rotatable bonds is 3. The minimum atomic E-state index is -4.82. The molecule has 1 aromatic carbocycles. The monoisotopic (exact) mass is 262 g/mol. The second kappa shape index (κ2) is 5.25. The SMILES string of the molecule is NC(N)=NN=Cc1ccc(OC(F)(F)F)cc1O. The first-order valence-corrected chi connectivity index (χ1v) is 4.48. The third-order valence-corrected chi connectivity index (χ3v) is 1.61. The van der Waals surface area contributed by atoms with E-state index >= 15 is 0 Å². The summed E-state index contributed by atoms with van der Waals surface area (Å²) < 4.78 is 39.3. The fraction of sp³-hybridized carbons (Fsp3) is 0.111. The van der Waals surface area contributed by atoms with E-state index in [4.69, 9.17) is 11.5 Å². The standard InChI is InChI=1S/C9H9F3N4O2/c10-9(11,12)18-6-2-1-5(7(17)3-6)4-15-16-8(13)14/h1-4,17H,(H4,13,14,16). The van der Waals surface area contributed by atoms with Crippen LogP contribution in [-0.2, 0) is 0 Å². The number of aromatic hydroxyl groups is 1. The Morgan fingerprint density at radius 1 is 1.33 bits per heavy atom. The summed E-state index contributed by atoms with van der Waals surface area (Å²) in [5.74, 6) is -1.28. The van der Waals surface area contributed by atoms with E-state index in [1.165, 1.54) is 6.07 Å². The van der Waals surface area contributed by atoms with Gasteiger partial charge in [-0.15, -0.1) is 18.3 Å². The molecule has 0 radical (unpaired) electrons. The zero-order valence-electron chi connectivity index (χ0n) is 8.85. The Kier molecular flexibility index (Phi) is 3.97. The quantitative estimate of drug-likeness (QED) is 0.427. The molecule has 6 nitrogen and oxygen atoms in total. The maximum absolute atomic E-state index is 11.9. The largest absolute Gasteiger partial charge is 0.573 e. The van der Waals surface area contributed by atoms with Gasteiger partial charge in [-0.2, -0.15) is 5.10 Å². The number of phenols is 1. The second-order valence-electron chi connectivity index (χ2n) is 3.04. The van der Waals surface area contributed by atoms with Crippen molar-refractivity contribution in [3.8, 4) is 11.5 Å². The van der Waals surface area contributed by atoms with Crippen LogP contribution < -0.4 is 16.2 Å². The van der Waals surface area contributed by atoms with E-state index in [0.717, 1.165) is 18.3 Å². The molecule has 0 bridgehead atoms. The Balaban J connectivity index is 2.86. The number of nitrogens with two attached hydrogens (primary N) is 2. The minimum absolute atomic E-state index is 0.134. The van der Waals surface area contributed by atoms with Gasteiger partial charge in [-0.25, -0.2) is 0 Å². The van der Waals surface area contributed by atoms with Gasteiger partial charge in [-0.1, -0.05) is 0 Å². The van der Waals surface area contributed by atoms with Crippen molar-refractivity contribution in [1.82, 2.24) is 0 Å². The lowest BCUT2D eigenvalue weighted by Gasteiger charge is -2.09. The molecule has 98 valence electrons. The summed E-state index contributed by atoms with van der Waals surface area (Å²) in [6, 6.07) is 2.98. The van der Waals surface area contributed by atoms with Gasteiger partial charge in [0.2, 0.25) is 5.96 Å². The van der Waals surface area contributed by atoms with Crippen molar-refractivity contribution in [1.29, 1.82) is 0 Å². The predicted octanol–water partition coefficient (Wildman–Crippen LogP) is 0.898. The normalized spacial score (nSPS) is 11.5. The first-order valence-electron chi connectivity index (χ1n) is 4.48. The average molecular weight is 262 g/mol. The molecule has 0 unspecified atom stereocenters. The van der Waals surface area contributed by atoms with E-state index in [0.29, 0.717) is 0 Å². The highest BCUT2D eigenvalue weighted by atomic mass is 19.4. The highest BCUT2D eigenvalue weighted by Crippen LogP contribution is 2.27. The molecule has 0 saturated carbocycles. The number of hydrogen-bond donors (Lipinski definition) is 3. The van der Waals surface area contributed by atoms with Crippen molar-refractivity contribution < 1.29 is 23.0 Å². The van der Waals surface area contributed by atoms with Crippen LogP contribution in [0.15, 0.2) is 28.4 Å². The van der Waals surface area contributed by atoms with E-state index in [2.05, 4.69) is 14.9 Å². The summed E-state index contributed by atoms with van der Waals surface area (Å²) in [6.45, 7) is 0. The molecule has 18 heavy (non-hydrogen) atoms. The van der Waals surface area contributed by atoms with Gasteiger partial charge >= 0.3 is 6.36 Å². The number of ether oxygens (including phenoxy) is 1. The van der Waals surface area contributed by atoms with E-state index in [-0.39, 0.29) is 11.5 Å². The Morgan fingerprint density at radius 2 is 2.00 bits per heavy atom. The van der Waals surface area contributed by atoms with Crippen LogP contribution in [0.1, 0.15) is 5.56 Å². The lowest BCUT2D eigenvalue weighted by Crippen LogP contribution is -2.21. The van der Waals surface area contributed by atoms with Crippen molar-refractivity contribution in [3.63, 3.8) is 0 Å². The molecule has 0 saturated heterocycles. The zero-order chi connectivity index (χ0) is 13.8. The Bertz CT molecular complexity index is 481. The van der Waals surface area contributed by atoms with Crippen LogP contribution in [-0.4, -0.2) is 23.6 Å². The number of benzene rings is 1. The maximum Gasteiger partial charge on any atom is 0.573 e. The number of nitrogens with zero attached hydrogens (tertiary/aromatic N) is 2. The Morgan fingerprint density at radius 3 is 2.50 bits per heavy atom. The molecule has 0 aliphatic heterocycles. The molecular weight excluding hydrogens is 253 g/mol. The number of phenolic OH excluding ortho intramolecular Hbond substituents is 1. The summed E-state index contributed by atoms with van der Waals surface area (Å²) in [7, 11) is 0. The molecule has 1 aromatic rings. The fourth-order valence-electron chi connectivity index (χ4n) is 0.988. The molecule has 0 aromatic heterocycles. The maximum atomic E-state index is 11.9. The molecular formula is C9H9F3N4O2. The van der Waals surface area contributed by atoms with Gasteiger partial charge in [0.15, 0.2) is 0 Å². The van der Waals surface area contributed by atoms with Gasteiger partial charge in [-0.05, 0) is 12.1 Å². The van der Waals surface area contributed by atoms with Crippen molar-refractivity contribution >= 4 is 12.2 Å². The van der Waals surface area contributed by atoms with Gasteiger partial charge in [0, 0.05) is 11.6 Å². The number of hydrogen-bond acceptors (Lipinski definition) is 4. The van der Waals surface area contributed by atoms with Crippen molar-refractivity contribution in [2.45, 2.75) is 6.36 Å². The summed E-state index contributed by atoms with van der Waals surface area (Å²) in [6.07, 6.45) is -3.74. The molecule has 0 amide bonds. The second-order valence-corrected chi connectivity index (χ2v) is 3.04. The number of halogens is 3. The van der Waals surface area contributed by atoms with E-state index < -0.39 is 17.9 Å². The minimum Gasteiger partial charge on any atom is -0.507 e.